The van der Waals surface area contributed by atoms with Gasteiger partial charge in [-0.05, 0) is 54.8 Å². The van der Waals surface area contributed by atoms with Gasteiger partial charge in [0.05, 0.1) is 19.3 Å². The average molecular weight is 373 g/mol. The summed E-state index contributed by atoms with van der Waals surface area (Å²) in [5, 5.41) is 2.87. The van der Waals surface area contributed by atoms with Crippen molar-refractivity contribution in [2.24, 2.45) is 0 Å². The molecule has 1 saturated heterocycles. The SMILES string of the molecule is O=C(CCOCC1CCCO1)NCc1ccc(Oc2ccc(F)cc2)cc1. The highest BCUT2D eigenvalue weighted by Gasteiger charge is 2.15. The number of hydrogen-bond donors (Lipinski definition) is 1. The van der Waals surface area contributed by atoms with Crippen LogP contribution in [0.15, 0.2) is 48.5 Å². The first kappa shape index (κ1) is 19.3. The third kappa shape index (κ3) is 6.66. The van der Waals surface area contributed by atoms with Gasteiger partial charge in [-0.2, -0.15) is 0 Å². The van der Waals surface area contributed by atoms with Crippen molar-refractivity contribution in [2.45, 2.75) is 31.9 Å². The Bertz CT molecular complexity index is 712. The van der Waals surface area contributed by atoms with E-state index in [4.69, 9.17) is 14.2 Å². The Balaban J connectivity index is 1.34. The number of benzene rings is 2. The first-order valence-electron chi connectivity index (χ1n) is 9.17. The number of ether oxygens (including phenoxy) is 3. The monoisotopic (exact) mass is 373 g/mol. The van der Waals surface area contributed by atoms with Crippen molar-refractivity contribution in [1.29, 1.82) is 0 Å². The van der Waals surface area contributed by atoms with Crippen molar-refractivity contribution in [3.63, 3.8) is 0 Å². The molecule has 6 heteroatoms. The fraction of sp³-hybridized carbons (Fsp3) is 0.381. The molecule has 2 aromatic carbocycles. The highest BCUT2D eigenvalue weighted by atomic mass is 19.1. The van der Waals surface area contributed by atoms with Crippen molar-refractivity contribution in [2.75, 3.05) is 19.8 Å². The zero-order valence-electron chi connectivity index (χ0n) is 15.2. The first-order valence-corrected chi connectivity index (χ1v) is 9.17. The Hall–Kier alpha value is -2.44. The molecule has 0 spiro atoms. The van der Waals surface area contributed by atoms with Crippen LogP contribution in [0, 0.1) is 5.82 Å². The third-order valence-electron chi connectivity index (χ3n) is 4.26. The van der Waals surface area contributed by atoms with E-state index in [9.17, 15) is 9.18 Å². The summed E-state index contributed by atoms with van der Waals surface area (Å²) < 4.78 is 29.5. The number of halogens is 1. The highest BCUT2D eigenvalue weighted by molar-refractivity contribution is 5.75. The van der Waals surface area contributed by atoms with Crippen molar-refractivity contribution in [1.82, 2.24) is 5.32 Å². The molecule has 144 valence electrons. The van der Waals surface area contributed by atoms with Crippen LogP contribution >= 0.6 is 0 Å². The molecule has 3 rings (SSSR count). The molecular weight excluding hydrogens is 349 g/mol. The van der Waals surface area contributed by atoms with Crippen LogP contribution in [0.3, 0.4) is 0 Å². The van der Waals surface area contributed by atoms with Crippen LogP contribution < -0.4 is 10.1 Å². The van der Waals surface area contributed by atoms with Gasteiger partial charge in [0.1, 0.15) is 17.3 Å². The second-order valence-electron chi connectivity index (χ2n) is 6.44. The van der Waals surface area contributed by atoms with Crippen molar-refractivity contribution in [3.8, 4) is 11.5 Å². The quantitative estimate of drug-likeness (QED) is 0.679. The minimum atomic E-state index is -0.300. The topological polar surface area (TPSA) is 56.8 Å². The van der Waals surface area contributed by atoms with Crippen LogP contribution in [0.5, 0.6) is 11.5 Å². The summed E-state index contributed by atoms with van der Waals surface area (Å²) in [5.41, 5.74) is 0.968. The van der Waals surface area contributed by atoms with Crippen LogP contribution in [0.1, 0.15) is 24.8 Å². The van der Waals surface area contributed by atoms with Crippen LogP contribution in [0.4, 0.5) is 4.39 Å². The number of rotatable bonds is 9. The molecule has 0 aliphatic carbocycles. The van der Waals surface area contributed by atoms with Gasteiger partial charge in [0.25, 0.3) is 0 Å². The zero-order valence-corrected chi connectivity index (χ0v) is 15.2. The molecule has 27 heavy (non-hydrogen) atoms. The Morgan fingerprint density at radius 3 is 2.48 bits per heavy atom. The van der Waals surface area contributed by atoms with Gasteiger partial charge in [0.15, 0.2) is 0 Å². The largest absolute Gasteiger partial charge is 0.457 e. The van der Waals surface area contributed by atoms with Crippen LogP contribution in [-0.4, -0.2) is 31.8 Å². The van der Waals surface area contributed by atoms with E-state index in [2.05, 4.69) is 5.32 Å². The third-order valence-corrected chi connectivity index (χ3v) is 4.26. The molecule has 1 N–H and O–H groups in total. The number of nitrogens with one attached hydrogen (secondary N) is 1. The van der Waals surface area contributed by atoms with Gasteiger partial charge in [0.2, 0.25) is 5.91 Å². The lowest BCUT2D eigenvalue weighted by Crippen LogP contribution is -2.24. The van der Waals surface area contributed by atoms with E-state index < -0.39 is 0 Å². The molecule has 1 heterocycles. The summed E-state index contributed by atoms with van der Waals surface area (Å²) in [5.74, 6) is 0.874. The van der Waals surface area contributed by atoms with Gasteiger partial charge >= 0.3 is 0 Å². The highest BCUT2D eigenvalue weighted by Crippen LogP contribution is 2.21. The summed E-state index contributed by atoms with van der Waals surface area (Å²) in [6, 6.07) is 13.2. The van der Waals surface area contributed by atoms with E-state index in [0.29, 0.717) is 37.7 Å². The molecule has 0 aromatic heterocycles. The Morgan fingerprint density at radius 2 is 1.81 bits per heavy atom. The number of carbonyl (C=O) groups excluding carboxylic acids is 1. The lowest BCUT2D eigenvalue weighted by molar-refractivity contribution is -0.122. The molecule has 0 saturated carbocycles. The Morgan fingerprint density at radius 1 is 1.11 bits per heavy atom. The molecule has 2 aromatic rings. The van der Waals surface area contributed by atoms with E-state index in [1.807, 2.05) is 24.3 Å². The van der Waals surface area contributed by atoms with Gasteiger partial charge in [-0.1, -0.05) is 12.1 Å². The van der Waals surface area contributed by atoms with Gasteiger partial charge in [-0.25, -0.2) is 4.39 Å². The molecular formula is C21H24FNO4. The second kappa shape index (κ2) is 10.0. The molecule has 1 atom stereocenters. The maximum Gasteiger partial charge on any atom is 0.222 e. The minimum Gasteiger partial charge on any atom is -0.457 e. The van der Waals surface area contributed by atoms with Crippen LogP contribution in [0.25, 0.3) is 0 Å². The maximum atomic E-state index is 12.9. The fourth-order valence-corrected chi connectivity index (χ4v) is 2.76. The summed E-state index contributed by atoms with van der Waals surface area (Å²) in [6.45, 7) is 2.21. The summed E-state index contributed by atoms with van der Waals surface area (Å²) in [7, 11) is 0. The second-order valence-corrected chi connectivity index (χ2v) is 6.44. The van der Waals surface area contributed by atoms with Crippen molar-refractivity contribution < 1.29 is 23.4 Å². The average Bonchev–Trinajstić information content (AvgIpc) is 3.20. The normalized spacial score (nSPS) is 16.3. The Labute approximate surface area is 158 Å². The number of carbonyl (C=O) groups is 1. The fourth-order valence-electron chi connectivity index (χ4n) is 2.76. The van der Waals surface area contributed by atoms with Gasteiger partial charge < -0.3 is 19.5 Å². The first-order chi connectivity index (χ1) is 13.2. The number of hydrogen-bond acceptors (Lipinski definition) is 4. The van der Waals surface area contributed by atoms with Crippen LogP contribution in [-0.2, 0) is 20.8 Å². The van der Waals surface area contributed by atoms with Gasteiger partial charge in [0, 0.05) is 19.6 Å². The summed E-state index contributed by atoms with van der Waals surface area (Å²) in [6.07, 6.45) is 2.64. The van der Waals surface area contributed by atoms with E-state index >= 15 is 0 Å². The summed E-state index contributed by atoms with van der Waals surface area (Å²) >= 11 is 0. The zero-order chi connectivity index (χ0) is 18.9. The predicted molar refractivity (Wildman–Crippen MR) is 99.2 cm³/mol. The van der Waals surface area contributed by atoms with E-state index in [1.54, 1.807) is 12.1 Å². The van der Waals surface area contributed by atoms with Crippen molar-refractivity contribution in [3.05, 3.63) is 59.9 Å². The Kier molecular flexibility index (Phi) is 7.19. The smallest absolute Gasteiger partial charge is 0.222 e. The molecule has 1 amide bonds. The van der Waals surface area contributed by atoms with E-state index in [0.717, 1.165) is 25.0 Å². The molecule has 1 unspecified atom stereocenters. The lowest BCUT2D eigenvalue weighted by Gasteiger charge is -2.10. The molecule has 1 aliphatic heterocycles. The van der Waals surface area contributed by atoms with Gasteiger partial charge in [-0.3, -0.25) is 4.79 Å². The molecule has 1 aliphatic rings. The van der Waals surface area contributed by atoms with Crippen molar-refractivity contribution >= 4 is 5.91 Å². The van der Waals surface area contributed by atoms with E-state index in [-0.39, 0.29) is 17.8 Å². The van der Waals surface area contributed by atoms with Gasteiger partial charge in [-0.15, -0.1) is 0 Å². The molecule has 0 bridgehead atoms. The molecule has 5 nitrogen and oxygen atoms in total. The van der Waals surface area contributed by atoms with Crippen LogP contribution in [0.2, 0.25) is 0 Å². The predicted octanol–water partition coefficient (Wildman–Crippen LogP) is 3.82. The minimum absolute atomic E-state index is 0.0472. The molecule has 0 radical (unpaired) electrons. The maximum absolute atomic E-state index is 12.9. The number of amides is 1. The van der Waals surface area contributed by atoms with E-state index in [1.165, 1.54) is 12.1 Å². The molecule has 1 fully saturated rings. The standard InChI is InChI=1S/C21H24FNO4/c22-17-5-9-19(10-6-17)27-18-7-3-16(4-8-18)14-23-21(24)11-13-25-15-20-2-1-12-26-20/h3-10,20H,1-2,11-15H2,(H,23,24). The lowest BCUT2D eigenvalue weighted by atomic mass is 10.2. The summed E-state index contributed by atoms with van der Waals surface area (Å²) in [4.78, 5) is 11.9.